The number of carbonyl (C=O) groups is 2. The van der Waals surface area contributed by atoms with Crippen LogP contribution in [0.15, 0.2) is 0 Å². The number of nitrogens with zero attached hydrogens (tertiary/aromatic N) is 2. The molecule has 1 saturated heterocycles. The van der Waals surface area contributed by atoms with E-state index in [1.165, 1.54) is 16.2 Å². The quantitative estimate of drug-likeness (QED) is 0.844. The van der Waals surface area contributed by atoms with Crippen molar-refractivity contribution in [3.05, 3.63) is 10.6 Å². The number of imide groups is 1. The van der Waals surface area contributed by atoms with Gasteiger partial charge in [-0.25, -0.2) is 4.98 Å². The molecule has 2 amide bonds. The Bertz CT molecular complexity index is 464. The van der Waals surface area contributed by atoms with Gasteiger partial charge in [-0.05, 0) is 20.3 Å². The Kier molecular flexibility index (Phi) is 3.65. The lowest BCUT2D eigenvalue weighted by molar-refractivity contribution is -0.138. The number of aromatic nitrogens is 1. The number of amides is 2. The first-order valence-corrected chi connectivity index (χ1v) is 6.89. The van der Waals surface area contributed by atoms with Gasteiger partial charge in [0.25, 0.3) is 5.91 Å². The minimum absolute atomic E-state index is 0.0932. The topological polar surface area (TPSA) is 62.3 Å². The van der Waals surface area contributed by atoms with E-state index in [-0.39, 0.29) is 18.2 Å². The molecule has 1 atom stereocenters. The molecule has 1 aromatic heterocycles. The largest absolute Gasteiger partial charge is 0.349 e. The van der Waals surface area contributed by atoms with Crippen molar-refractivity contribution < 1.29 is 9.59 Å². The van der Waals surface area contributed by atoms with Crippen molar-refractivity contribution in [2.75, 3.05) is 11.9 Å². The molecule has 0 bridgehead atoms. The molecule has 2 heterocycles. The van der Waals surface area contributed by atoms with Crippen molar-refractivity contribution in [2.24, 2.45) is 0 Å². The van der Waals surface area contributed by atoms with Crippen LogP contribution >= 0.6 is 11.3 Å². The fourth-order valence-electron chi connectivity index (χ4n) is 1.94. The molecule has 1 aromatic rings. The molecule has 1 unspecified atom stereocenters. The molecule has 5 nitrogen and oxygen atoms in total. The second-order valence-corrected chi connectivity index (χ2v) is 5.65. The average Bonchev–Trinajstić information content (AvgIpc) is 2.75. The second kappa shape index (κ2) is 5.06. The molecule has 1 aliphatic rings. The van der Waals surface area contributed by atoms with Crippen LogP contribution in [0.5, 0.6) is 0 Å². The van der Waals surface area contributed by atoms with E-state index in [9.17, 15) is 9.59 Å². The fraction of sp³-hybridized carbons (Fsp3) is 0.583. The first-order valence-electron chi connectivity index (χ1n) is 6.07. The monoisotopic (exact) mass is 267 g/mol. The van der Waals surface area contributed by atoms with E-state index in [2.05, 4.69) is 10.3 Å². The highest BCUT2D eigenvalue weighted by molar-refractivity contribution is 7.15. The van der Waals surface area contributed by atoms with Crippen LogP contribution in [0.25, 0.3) is 0 Å². The highest BCUT2D eigenvalue weighted by Gasteiger charge is 2.38. The third-order valence-electron chi connectivity index (χ3n) is 3.02. The number of nitrogens with one attached hydrogen (secondary N) is 1. The highest BCUT2D eigenvalue weighted by atomic mass is 32.1. The van der Waals surface area contributed by atoms with Gasteiger partial charge in [0.1, 0.15) is 6.04 Å². The number of hydrogen-bond donors (Lipinski definition) is 1. The third-order valence-corrected chi connectivity index (χ3v) is 4.02. The van der Waals surface area contributed by atoms with Crippen LogP contribution in [0.4, 0.5) is 5.13 Å². The van der Waals surface area contributed by atoms with Gasteiger partial charge in [-0.2, -0.15) is 0 Å². The summed E-state index contributed by atoms with van der Waals surface area (Å²) in [4.78, 5) is 30.5. The average molecular weight is 267 g/mol. The van der Waals surface area contributed by atoms with Crippen molar-refractivity contribution in [1.82, 2.24) is 9.88 Å². The molecule has 98 valence electrons. The van der Waals surface area contributed by atoms with E-state index in [0.29, 0.717) is 6.54 Å². The zero-order chi connectivity index (χ0) is 13.3. The highest BCUT2D eigenvalue weighted by Crippen LogP contribution is 2.24. The maximum atomic E-state index is 12.0. The molecular formula is C12H17N3O2S. The molecule has 1 fully saturated rings. The molecule has 2 rings (SSSR count). The lowest BCUT2D eigenvalue weighted by atomic mass is 10.2. The lowest BCUT2D eigenvalue weighted by Crippen LogP contribution is -2.35. The Morgan fingerprint density at radius 3 is 2.72 bits per heavy atom. The van der Waals surface area contributed by atoms with Crippen LogP contribution in [-0.2, 0) is 9.59 Å². The predicted molar refractivity (Wildman–Crippen MR) is 70.6 cm³/mol. The number of carbonyl (C=O) groups excluding carboxylic acids is 2. The molecule has 1 aliphatic heterocycles. The minimum Gasteiger partial charge on any atom is -0.349 e. The molecule has 18 heavy (non-hydrogen) atoms. The van der Waals surface area contributed by atoms with Crippen molar-refractivity contribution in [2.45, 2.75) is 39.7 Å². The van der Waals surface area contributed by atoms with Crippen molar-refractivity contribution in [3.8, 4) is 0 Å². The van der Waals surface area contributed by atoms with Crippen molar-refractivity contribution in [3.63, 3.8) is 0 Å². The van der Waals surface area contributed by atoms with Gasteiger partial charge >= 0.3 is 0 Å². The maximum Gasteiger partial charge on any atom is 0.252 e. The molecule has 0 spiro atoms. The molecule has 6 heteroatoms. The Morgan fingerprint density at radius 1 is 1.44 bits per heavy atom. The van der Waals surface area contributed by atoms with Gasteiger partial charge in [0.05, 0.1) is 12.1 Å². The normalized spacial score (nSPS) is 19.7. The van der Waals surface area contributed by atoms with Crippen LogP contribution < -0.4 is 5.32 Å². The molecule has 0 aliphatic carbocycles. The standard InChI is InChI=1S/C12H17N3O2S/c1-4-5-15-10(16)6-9(11(15)17)14-12-13-7(2)8(3)18-12/h9H,4-6H2,1-3H3,(H,13,14). The second-order valence-electron chi connectivity index (χ2n) is 4.45. The summed E-state index contributed by atoms with van der Waals surface area (Å²) in [6.45, 7) is 6.38. The third kappa shape index (κ3) is 2.38. The Hall–Kier alpha value is -1.43. The summed E-state index contributed by atoms with van der Waals surface area (Å²) in [6, 6.07) is -0.450. The SMILES string of the molecule is CCCN1C(=O)CC(Nc2nc(C)c(C)s2)C1=O. The first kappa shape index (κ1) is 13.0. The summed E-state index contributed by atoms with van der Waals surface area (Å²) in [7, 11) is 0. The van der Waals surface area contributed by atoms with Gasteiger partial charge in [-0.3, -0.25) is 14.5 Å². The Balaban J connectivity index is 2.07. The number of hydrogen-bond acceptors (Lipinski definition) is 5. The number of aryl methyl sites for hydroxylation is 2. The molecule has 1 N–H and O–H groups in total. The number of thiazole rings is 1. The Morgan fingerprint density at radius 2 is 2.17 bits per heavy atom. The number of rotatable bonds is 4. The van der Waals surface area contributed by atoms with Gasteiger partial charge in [0.2, 0.25) is 5.91 Å². The van der Waals surface area contributed by atoms with Crippen LogP contribution in [0.1, 0.15) is 30.3 Å². The van der Waals surface area contributed by atoms with E-state index in [4.69, 9.17) is 0 Å². The summed E-state index contributed by atoms with van der Waals surface area (Å²) in [5, 5.41) is 3.78. The minimum atomic E-state index is -0.450. The van der Waals surface area contributed by atoms with E-state index < -0.39 is 6.04 Å². The van der Waals surface area contributed by atoms with Crippen molar-refractivity contribution in [1.29, 1.82) is 0 Å². The van der Waals surface area contributed by atoms with Crippen LogP contribution in [0, 0.1) is 13.8 Å². The summed E-state index contributed by atoms with van der Waals surface area (Å²) in [5.74, 6) is -0.225. The van der Waals surface area contributed by atoms with Crippen molar-refractivity contribution >= 4 is 28.3 Å². The molecule has 0 radical (unpaired) electrons. The number of likely N-dealkylation sites (tertiary alicyclic amines) is 1. The van der Waals surface area contributed by atoms with Gasteiger partial charge < -0.3 is 5.32 Å². The fourth-order valence-corrected chi connectivity index (χ4v) is 2.81. The molecular weight excluding hydrogens is 250 g/mol. The van der Waals surface area contributed by atoms with Gasteiger partial charge in [0, 0.05) is 11.4 Å². The van der Waals surface area contributed by atoms with E-state index >= 15 is 0 Å². The van der Waals surface area contributed by atoms with Gasteiger partial charge in [-0.15, -0.1) is 11.3 Å². The summed E-state index contributed by atoms with van der Waals surface area (Å²) in [6.07, 6.45) is 1.02. The van der Waals surface area contributed by atoms with Crippen LogP contribution in [0.3, 0.4) is 0 Å². The van der Waals surface area contributed by atoms with E-state index in [1.807, 2.05) is 20.8 Å². The van der Waals surface area contributed by atoms with Gasteiger partial charge in [0.15, 0.2) is 5.13 Å². The zero-order valence-electron chi connectivity index (χ0n) is 10.8. The lowest BCUT2D eigenvalue weighted by Gasteiger charge is -2.13. The first-order chi connectivity index (χ1) is 8.52. The number of anilines is 1. The molecule has 0 saturated carbocycles. The van der Waals surface area contributed by atoms with E-state index in [0.717, 1.165) is 22.1 Å². The van der Waals surface area contributed by atoms with Crippen LogP contribution in [0.2, 0.25) is 0 Å². The summed E-state index contributed by atoms with van der Waals surface area (Å²) < 4.78 is 0. The molecule has 0 aromatic carbocycles. The van der Waals surface area contributed by atoms with Gasteiger partial charge in [-0.1, -0.05) is 6.92 Å². The maximum absolute atomic E-state index is 12.0. The smallest absolute Gasteiger partial charge is 0.252 e. The summed E-state index contributed by atoms with van der Waals surface area (Å²) >= 11 is 1.51. The van der Waals surface area contributed by atoms with E-state index in [1.54, 1.807) is 0 Å². The predicted octanol–water partition coefficient (Wildman–Crippen LogP) is 1.71. The zero-order valence-corrected chi connectivity index (χ0v) is 11.6. The van der Waals surface area contributed by atoms with Crippen LogP contribution in [-0.4, -0.2) is 34.3 Å². The summed E-state index contributed by atoms with van der Waals surface area (Å²) in [5.41, 5.74) is 0.963. The Labute approximate surface area is 110 Å².